The Morgan fingerprint density at radius 3 is 2.27 bits per heavy atom. The lowest BCUT2D eigenvalue weighted by Crippen LogP contribution is -1.98. The first-order valence-electron chi connectivity index (χ1n) is 4.05. The third-order valence-electron chi connectivity index (χ3n) is 1.89. The molecular weight excluding hydrogens is 200 g/mol. The van der Waals surface area contributed by atoms with Crippen LogP contribution in [0.25, 0.3) is 0 Å². The van der Waals surface area contributed by atoms with Gasteiger partial charge in [0, 0.05) is 6.21 Å². The summed E-state index contributed by atoms with van der Waals surface area (Å²) in [4.78, 5) is 10.1. The maximum Gasteiger partial charge on any atom is 0.282 e. The van der Waals surface area contributed by atoms with Gasteiger partial charge in [0.25, 0.3) is 5.69 Å². The molecule has 0 atom stereocenters. The van der Waals surface area contributed by atoms with E-state index in [2.05, 4.69) is 0 Å². The van der Waals surface area contributed by atoms with Crippen molar-refractivity contribution in [2.24, 2.45) is 0 Å². The Balaban J connectivity index is 3.40. The van der Waals surface area contributed by atoms with Crippen LogP contribution in [0.4, 0.5) is 5.69 Å². The lowest BCUT2D eigenvalue weighted by Gasteiger charge is -2.08. The van der Waals surface area contributed by atoms with Gasteiger partial charge in [0.1, 0.15) is 0 Å². The predicted molar refractivity (Wildman–Crippen MR) is 54.1 cm³/mol. The van der Waals surface area contributed by atoms with Gasteiger partial charge in [-0.3, -0.25) is 10.1 Å². The summed E-state index contributed by atoms with van der Waals surface area (Å²) in [7, 11) is 2.82. The molecule has 0 heterocycles. The second kappa shape index (κ2) is 4.41. The fourth-order valence-corrected chi connectivity index (χ4v) is 1.16. The van der Waals surface area contributed by atoms with E-state index in [1.165, 1.54) is 26.4 Å². The number of hydrogen-bond acceptors (Lipinski definition) is 5. The summed E-state index contributed by atoms with van der Waals surface area (Å²) >= 11 is 0. The molecule has 0 aliphatic rings. The molecule has 0 saturated carbocycles. The van der Waals surface area contributed by atoms with Crippen LogP contribution in [0.5, 0.6) is 11.5 Å². The van der Waals surface area contributed by atoms with Crippen molar-refractivity contribution in [3.8, 4) is 11.5 Å². The molecule has 0 radical (unpaired) electrons. The molecule has 6 nitrogen and oxygen atoms in total. The SMILES string of the molecule is COc1cc(C=N)c([N+](=O)[O-])cc1OC. The summed E-state index contributed by atoms with van der Waals surface area (Å²) in [6.07, 6.45) is 0.903. The van der Waals surface area contributed by atoms with E-state index in [4.69, 9.17) is 14.9 Å². The zero-order valence-corrected chi connectivity index (χ0v) is 8.31. The Kier molecular flexibility index (Phi) is 3.22. The standard InChI is InChI=1S/C9H10N2O4/c1-14-8-3-6(5-10)7(11(12)13)4-9(8)15-2/h3-5,10H,1-2H3. The molecule has 0 bridgehead atoms. The highest BCUT2D eigenvalue weighted by molar-refractivity contribution is 5.84. The number of rotatable bonds is 4. The monoisotopic (exact) mass is 210 g/mol. The molecule has 0 aliphatic heterocycles. The summed E-state index contributed by atoms with van der Waals surface area (Å²) in [5.74, 6) is 0.636. The van der Waals surface area contributed by atoms with Gasteiger partial charge in [-0.15, -0.1) is 0 Å². The van der Waals surface area contributed by atoms with Crippen molar-refractivity contribution in [1.29, 1.82) is 5.41 Å². The number of nitro groups is 1. The number of nitro benzene ring substituents is 1. The molecule has 0 unspecified atom stereocenters. The molecule has 1 aromatic carbocycles. The van der Waals surface area contributed by atoms with E-state index in [1.807, 2.05) is 0 Å². The number of nitrogens with zero attached hydrogens (tertiary/aromatic N) is 1. The van der Waals surface area contributed by atoms with Crippen LogP contribution in [0.15, 0.2) is 12.1 Å². The molecule has 0 aromatic heterocycles. The van der Waals surface area contributed by atoms with Crippen LogP contribution in [0.3, 0.4) is 0 Å². The minimum absolute atomic E-state index is 0.178. The Hall–Kier alpha value is -2.11. The quantitative estimate of drug-likeness (QED) is 0.464. The van der Waals surface area contributed by atoms with Gasteiger partial charge in [0.05, 0.1) is 30.8 Å². The minimum Gasteiger partial charge on any atom is -0.493 e. The van der Waals surface area contributed by atoms with Crippen LogP contribution in [-0.4, -0.2) is 25.4 Å². The number of methoxy groups -OCH3 is 2. The zero-order chi connectivity index (χ0) is 11.4. The average Bonchev–Trinajstić information content (AvgIpc) is 2.26. The number of ether oxygens (including phenoxy) is 2. The van der Waals surface area contributed by atoms with Gasteiger partial charge in [-0.1, -0.05) is 0 Å². The Bertz CT molecular complexity index is 403. The van der Waals surface area contributed by atoms with Crippen molar-refractivity contribution in [3.63, 3.8) is 0 Å². The molecule has 6 heteroatoms. The maximum atomic E-state index is 10.7. The van der Waals surface area contributed by atoms with Crippen LogP contribution in [0.1, 0.15) is 5.56 Å². The molecule has 0 amide bonds. The first-order chi connectivity index (χ1) is 7.13. The lowest BCUT2D eigenvalue weighted by atomic mass is 10.1. The summed E-state index contributed by atoms with van der Waals surface area (Å²) in [5, 5.41) is 17.7. The minimum atomic E-state index is -0.567. The van der Waals surface area contributed by atoms with Gasteiger partial charge in [-0.05, 0) is 6.07 Å². The number of nitrogens with one attached hydrogen (secondary N) is 1. The molecule has 0 saturated heterocycles. The van der Waals surface area contributed by atoms with Crippen molar-refractivity contribution in [3.05, 3.63) is 27.8 Å². The maximum absolute atomic E-state index is 10.7. The Labute approximate surface area is 86.1 Å². The molecule has 1 rings (SSSR count). The van der Waals surface area contributed by atoms with Crippen LogP contribution in [-0.2, 0) is 0 Å². The largest absolute Gasteiger partial charge is 0.493 e. The summed E-state index contributed by atoms with van der Waals surface area (Å²) < 4.78 is 9.88. The summed E-state index contributed by atoms with van der Waals surface area (Å²) in [6, 6.07) is 2.63. The molecule has 15 heavy (non-hydrogen) atoms. The highest BCUT2D eigenvalue weighted by Crippen LogP contribution is 2.33. The third kappa shape index (κ3) is 2.04. The smallest absolute Gasteiger partial charge is 0.282 e. The zero-order valence-electron chi connectivity index (χ0n) is 8.31. The van der Waals surface area contributed by atoms with Crippen molar-refractivity contribution in [1.82, 2.24) is 0 Å². The van der Waals surface area contributed by atoms with Crippen LogP contribution in [0.2, 0.25) is 0 Å². The van der Waals surface area contributed by atoms with E-state index in [9.17, 15) is 10.1 Å². The fraction of sp³-hybridized carbons (Fsp3) is 0.222. The second-order valence-electron chi connectivity index (χ2n) is 2.67. The van der Waals surface area contributed by atoms with Crippen molar-refractivity contribution in [2.45, 2.75) is 0 Å². The first-order valence-corrected chi connectivity index (χ1v) is 4.05. The molecule has 0 spiro atoms. The van der Waals surface area contributed by atoms with E-state index >= 15 is 0 Å². The second-order valence-corrected chi connectivity index (χ2v) is 2.67. The van der Waals surface area contributed by atoms with Crippen molar-refractivity contribution in [2.75, 3.05) is 14.2 Å². The topological polar surface area (TPSA) is 85.5 Å². The fourth-order valence-electron chi connectivity index (χ4n) is 1.16. The predicted octanol–water partition coefficient (Wildman–Crippen LogP) is 1.61. The highest BCUT2D eigenvalue weighted by Gasteiger charge is 2.17. The van der Waals surface area contributed by atoms with Crippen LogP contribution in [0, 0.1) is 15.5 Å². The number of hydrogen-bond donors (Lipinski definition) is 1. The third-order valence-corrected chi connectivity index (χ3v) is 1.89. The first kappa shape index (κ1) is 11.0. The molecule has 1 N–H and O–H groups in total. The lowest BCUT2D eigenvalue weighted by molar-refractivity contribution is -0.385. The van der Waals surface area contributed by atoms with Crippen LogP contribution < -0.4 is 9.47 Å². The van der Waals surface area contributed by atoms with Crippen molar-refractivity contribution < 1.29 is 14.4 Å². The molecular formula is C9H10N2O4. The van der Waals surface area contributed by atoms with E-state index in [0.29, 0.717) is 5.75 Å². The number of benzene rings is 1. The normalized spacial score (nSPS) is 9.47. The van der Waals surface area contributed by atoms with E-state index in [-0.39, 0.29) is 17.0 Å². The van der Waals surface area contributed by atoms with E-state index < -0.39 is 4.92 Å². The molecule has 0 fully saturated rings. The highest BCUT2D eigenvalue weighted by atomic mass is 16.6. The van der Waals surface area contributed by atoms with Gasteiger partial charge in [-0.25, -0.2) is 0 Å². The van der Waals surface area contributed by atoms with Gasteiger partial charge in [0.15, 0.2) is 11.5 Å². The van der Waals surface area contributed by atoms with Crippen LogP contribution >= 0.6 is 0 Å². The molecule has 0 aliphatic carbocycles. The van der Waals surface area contributed by atoms with Crippen molar-refractivity contribution >= 4 is 11.9 Å². The Morgan fingerprint density at radius 1 is 1.33 bits per heavy atom. The van der Waals surface area contributed by atoms with E-state index in [0.717, 1.165) is 6.21 Å². The van der Waals surface area contributed by atoms with Gasteiger partial charge < -0.3 is 14.9 Å². The summed E-state index contributed by atoms with van der Waals surface area (Å²) in [6.45, 7) is 0. The van der Waals surface area contributed by atoms with Gasteiger partial charge >= 0.3 is 0 Å². The summed E-state index contributed by atoms with van der Waals surface area (Å²) in [5.41, 5.74) is 0.000278. The molecule has 80 valence electrons. The van der Waals surface area contributed by atoms with E-state index in [1.54, 1.807) is 0 Å². The van der Waals surface area contributed by atoms with Gasteiger partial charge in [-0.2, -0.15) is 0 Å². The Morgan fingerprint density at radius 2 is 1.87 bits per heavy atom. The average molecular weight is 210 g/mol. The molecule has 1 aromatic rings. The van der Waals surface area contributed by atoms with Gasteiger partial charge in [0.2, 0.25) is 0 Å².